The normalized spacial score (nSPS) is 21.9. The number of nitrogens with two attached hydrogens (primary N) is 1. The second-order valence-corrected chi connectivity index (χ2v) is 5.58. The van der Waals surface area contributed by atoms with Crippen LogP contribution in [0.5, 0.6) is 0 Å². The maximum Gasteiger partial charge on any atom is 0.0693 e. The fourth-order valence-corrected chi connectivity index (χ4v) is 3.09. The predicted octanol–water partition coefficient (Wildman–Crippen LogP) is 2.71. The molecule has 0 bridgehead atoms. The summed E-state index contributed by atoms with van der Waals surface area (Å²) in [6, 6.07) is 6.73. The molecule has 2 heterocycles. The first-order valence-electron chi connectivity index (χ1n) is 7.01. The van der Waals surface area contributed by atoms with Gasteiger partial charge in [0, 0.05) is 35.7 Å². The quantitative estimate of drug-likeness (QED) is 0.865. The largest absolute Gasteiger partial charge is 0.362 e. The van der Waals surface area contributed by atoms with Crippen molar-refractivity contribution in [3.8, 4) is 0 Å². The average Bonchev–Trinajstić information content (AvgIpc) is 2.76. The van der Waals surface area contributed by atoms with E-state index >= 15 is 0 Å². The smallest absolute Gasteiger partial charge is 0.0693 e. The van der Waals surface area contributed by atoms with Crippen LogP contribution in [0.4, 0.5) is 0 Å². The zero-order valence-corrected chi connectivity index (χ0v) is 11.8. The molecule has 1 saturated heterocycles. The zero-order valence-electron chi connectivity index (χ0n) is 11.8. The van der Waals surface area contributed by atoms with E-state index in [-0.39, 0.29) is 0 Å². The van der Waals surface area contributed by atoms with E-state index in [0.717, 1.165) is 42.0 Å². The number of benzene rings is 1. The Kier molecular flexibility index (Phi) is 3.14. The van der Waals surface area contributed by atoms with Gasteiger partial charge in [-0.3, -0.25) is 0 Å². The molecule has 2 aliphatic rings. The van der Waals surface area contributed by atoms with Crippen LogP contribution in [-0.2, 0) is 13.1 Å². The van der Waals surface area contributed by atoms with Gasteiger partial charge in [0.15, 0.2) is 0 Å². The third-order valence-corrected chi connectivity index (χ3v) is 4.24. The maximum atomic E-state index is 5.73. The maximum absolute atomic E-state index is 5.73. The zero-order chi connectivity index (χ0) is 14.3. The van der Waals surface area contributed by atoms with Gasteiger partial charge in [-0.1, -0.05) is 31.9 Å². The lowest BCUT2D eigenvalue weighted by Crippen LogP contribution is -2.39. The van der Waals surface area contributed by atoms with Crippen LogP contribution in [0.25, 0.3) is 5.70 Å². The minimum absolute atomic E-state index is 0.293. The van der Waals surface area contributed by atoms with Crippen molar-refractivity contribution in [3.63, 3.8) is 0 Å². The Morgan fingerprint density at radius 2 is 2.10 bits per heavy atom. The van der Waals surface area contributed by atoms with Gasteiger partial charge >= 0.3 is 0 Å². The van der Waals surface area contributed by atoms with E-state index in [9.17, 15) is 0 Å². The fourth-order valence-electron chi connectivity index (χ4n) is 3.09. The molecule has 1 aromatic carbocycles. The van der Waals surface area contributed by atoms with Crippen LogP contribution in [0.3, 0.4) is 0 Å². The molecule has 1 aromatic rings. The number of hydrogen-bond acceptors (Lipinski definition) is 3. The van der Waals surface area contributed by atoms with Crippen LogP contribution in [0, 0.1) is 0 Å². The third kappa shape index (κ3) is 2.04. The van der Waals surface area contributed by atoms with Crippen LogP contribution < -0.4 is 11.1 Å². The first-order valence-corrected chi connectivity index (χ1v) is 7.01. The Bertz CT molecular complexity index is 600. The van der Waals surface area contributed by atoms with E-state index in [4.69, 9.17) is 5.73 Å². The van der Waals surface area contributed by atoms with E-state index < -0.39 is 0 Å². The molecule has 0 aliphatic carbocycles. The molecule has 3 N–H and O–H groups in total. The molecule has 1 fully saturated rings. The molecular weight excluding hydrogens is 246 g/mol. The van der Waals surface area contributed by atoms with E-state index in [0.29, 0.717) is 12.6 Å². The van der Waals surface area contributed by atoms with Crippen LogP contribution in [0.2, 0.25) is 0 Å². The van der Waals surface area contributed by atoms with E-state index in [1.165, 1.54) is 11.1 Å². The van der Waals surface area contributed by atoms with E-state index in [1.807, 2.05) is 0 Å². The molecular formula is C17H21N3. The van der Waals surface area contributed by atoms with Gasteiger partial charge in [-0.25, -0.2) is 0 Å². The van der Waals surface area contributed by atoms with Gasteiger partial charge in [-0.2, -0.15) is 0 Å². The summed E-state index contributed by atoms with van der Waals surface area (Å²) in [6.07, 6.45) is 2.03. The number of fused-ring (bicyclic) bond motifs is 1. The van der Waals surface area contributed by atoms with Gasteiger partial charge in [0.2, 0.25) is 0 Å². The van der Waals surface area contributed by atoms with E-state index in [1.54, 1.807) is 0 Å². The summed E-state index contributed by atoms with van der Waals surface area (Å²) in [6.45, 7) is 13.9. The van der Waals surface area contributed by atoms with Crippen LogP contribution in [0.15, 0.2) is 49.3 Å². The molecule has 3 rings (SSSR count). The first kappa shape index (κ1) is 13.0. The van der Waals surface area contributed by atoms with Gasteiger partial charge in [0.25, 0.3) is 0 Å². The summed E-state index contributed by atoms with van der Waals surface area (Å²) < 4.78 is 0. The second kappa shape index (κ2) is 4.84. The summed E-state index contributed by atoms with van der Waals surface area (Å²) in [5.74, 6) is 0. The van der Waals surface area contributed by atoms with Crippen LogP contribution >= 0.6 is 0 Å². The molecule has 0 amide bonds. The molecule has 0 spiro atoms. The summed E-state index contributed by atoms with van der Waals surface area (Å²) >= 11 is 0. The topological polar surface area (TPSA) is 41.3 Å². The monoisotopic (exact) mass is 267 g/mol. The Morgan fingerprint density at radius 3 is 2.80 bits per heavy atom. The Labute approximate surface area is 120 Å². The first-order chi connectivity index (χ1) is 9.60. The summed E-state index contributed by atoms with van der Waals surface area (Å²) in [4.78, 5) is 2.34. The summed E-state index contributed by atoms with van der Waals surface area (Å²) in [5, 5.41) is 3.28. The minimum atomic E-state index is 0.293. The van der Waals surface area contributed by atoms with Crippen LogP contribution in [0.1, 0.15) is 29.5 Å². The number of rotatable bonds is 2. The molecule has 20 heavy (non-hydrogen) atoms. The SMILES string of the molecule is C=C1CCC(N2Cc3ccc(CN)cc3C2=C)C(=C)N1. The Balaban J connectivity index is 1.86. The molecule has 0 saturated carbocycles. The number of piperidine rings is 1. The second-order valence-electron chi connectivity index (χ2n) is 5.58. The highest BCUT2D eigenvalue weighted by atomic mass is 15.2. The Hall–Kier alpha value is -2.00. The summed E-state index contributed by atoms with van der Waals surface area (Å²) in [5.41, 5.74) is 12.6. The number of allylic oxidation sites excluding steroid dienone is 1. The molecule has 0 radical (unpaired) electrons. The van der Waals surface area contributed by atoms with Crippen molar-refractivity contribution in [2.75, 3.05) is 0 Å². The van der Waals surface area contributed by atoms with Gasteiger partial charge in [-0.15, -0.1) is 0 Å². The molecule has 3 heteroatoms. The standard InChI is InChI=1S/C17H21N3/c1-11-4-7-17(12(2)19-11)20-10-15-6-5-14(9-18)8-16(15)13(20)3/h5-6,8,17,19H,1-4,7,9-10,18H2. The number of hydrogen-bond donors (Lipinski definition) is 2. The van der Waals surface area contributed by atoms with Gasteiger partial charge < -0.3 is 16.0 Å². The van der Waals surface area contributed by atoms with E-state index in [2.05, 4.69) is 48.2 Å². The predicted molar refractivity (Wildman–Crippen MR) is 83.3 cm³/mol. The fraction of sp³-hybridized carbons (Fsp3) is 0.294. The van der Waals surface area contributed by atoms with Crippen molar-refractivity contribution in [3.05, 3.63) is 66.0 Å². The van der Waals surface area contributed by atoms with Crippen molar-refractivity contribution in [2.45, 2.75) is 32.0 Å². The molecule has 1 unspecified atom stereocenters. The van der Waals surface area contributed by atoms with Gasteiger partial charge in [0.1, 0.15) is 0 Å². The third-order valence-electron chi connectivity index (χ3n) is 4.24. The highest BCUT2D eigenvalue weighted by molar-refractivity contribution is 5.70. The highest BCUT2D eigenvalue weighted by Gasteiger charge is 2.31. The van der Waals surface area contributed by atoms with Gasteiger partial charge in [0.05, 0.1) is 6.04 Å². The van der Waals surface area contributed by atoms with Crippen molar-refractivity contribution in [1.82, 2.24) is 10.2 Å². The van der Waals surface area contributed by atoms with Crippen molar-refractivity contribution in [1.29, 1.82) is 0 Å². The number of nitrogens with zero attached hydrogens (tertiary/aromatic N) is 1. The van der Waals surface area contributed by atoms with Crippen molar-refractivity contribution < 1.29 is 0 Å². The molecule has 2 aliphatic heterocycles. The highest BCUT2D eigenvalue weighted by Crippen LogP contribution is 2.37. The Morgan fingerprint density at radius 1 is 1.30 bits per heavy atom. The van der Waals surface area contributed by atoms with Crippen molar-refractivity contribution >= 4 is 5.70 Å². The molecule has 1 atom stereocenters. The summed E-state index contributed by atoms with van der Waals surface area (Å²) in [7, 11) is 0. The van der Waals surface area contributed by atoms with Crippen LogP contribution in [-0.4, -0.2) is 10.9 Å². The molecule has 104 valence electrons. The van der Waals surface area contributed by atoms with Crippen molar-refractivity contribution in [2.24, 2.45) is 5.73 Å². The lowest BCUT2D eigenvalue weighted by molar-refractivity contribution is 0.297. The minimum Gasteiger partial charge on any atom is -0.362 e. The molecule has 3 nitrogen and oxygen atoms in total. The molecule has 0 aromatic heterocycles. The van der Waals surface area contributed by atoms with Gasteiger partial charge in [-0.05, 0) is 30.0 Å². The number of nitrogens with one attached hydrogen (secondary N) is 1. The average molecular weight is 267 g/mol. The lowest BCUT2D eigenvalue weighted by atomic mass is 10.0. The lowest BCUT2D eigenvalue weighted by Gasteiger charge is -2.36.